The second-order valence-electron chi connectivity index (χ2n) is 7.88. The highest BCUT2D eigenvalue weighted by Crippen LogP contribution is 2.35. The summed E-state index contributed by atoms with van der Waals surface area (Å²) in [4.78, 5) is 26.6. The molecule has 0 spiro atoms. The Hall–Kier alpha value is -2.10. The van der Waals surface area contributed by atoms with Gasteiger partial charge in [-0.05, 0) is 63.4 Å². The summed E-state index contributed by atoms with van der Waals surface area (Å²) in [6, 6.07) is 8.39. The molecule has 0 saturated carbocycles. The second kappa shape index (κ2) is 9.72. The highest BCUT2D eigenvalue weighted by molar-refractivity contribution is 5.80. The maximum absolute atomic E-state index is 12.6. The first-order valence-corrected chi connectivity index (χ1v) is 10.5. The average Bonchev–Trinajstić information content (AvgIpc) is 2.69. The highest BCUT2D eigenvalue weighted by atomic mass is 16.2. The minimum absolute atomic E-state index is 0.0447. The van der Waals surface area contributed by atoms with Crippen LogP contribution >= 0.6 is 0 Å². The highest BCUT2D eigenvalue weighted by Gasteiger charge is 2.29. The number of allylic oxidation sites excluding steroid dienone is 2. The van der Waals surface area contributed by atoms with Crippen LogP contribution < -0.4 is 5.32 Å². The molecule has 1 heterocycles. The van der Waals surface area contributed by atoms with E-state index in [-0.39, 0.29) is 11.8 Å². The van der Waals surface area contributed by atoms with Crippen LogP contribution in [0.4, 0.5) is 0 Å². The molecule has 1 N–H and O–H groups in total. The molecule has 4 nitrogen and oxygen atoms in total. The molecule has 3 rings (SSSR count). The summed E-state index contributed by atoms with van der Waals surface area (Å²) in [5.74, 6) is 0.824. The number of amides is 2. The van der Waals surface area contributed by atoms with Gasteiger partial charge in [0.15, 0.2) is 0 Å². The van der Waals surface area contributed by atoms with Gasteiger partial charge in [0.05, 0.1) is 0 Å². The molecule has 0 bridgehead atoms. The van der Waals surface area contributed by atoms with Gasteiger partial charge in [-0.15, -0.1) is 0 Å². The van der Waals surface area contributed by atoms with Crippen molar-refractivity contribution in [3.63, 3.8) is 0 Å². The topological polar surface area (TPSA) is 49.4 Å². The number of nitrogens with one attached hydrogen (secondary N) is 1. The maximum atomic E-state index is 12.6. The molecule has 0 radical (unpaired) electrons. The standard InChI is InChI=1S/C23H32N2O2/c1-18-11-13-19(14-12-18)15-16-24-22(26)9-4-10-23(27)25-17-5-7-20-6-2-3-8-21(20)25/h8,11-14,20H,2-7,9-10,15-17H2,1H3,(H,24,26). The maximum Gasteiger partial charge on any atom is 0.226 e. The lowest BCUT2D eigenvalue weighted by molar-refractivity contribution is -0.130. The van der Waals surface area contributed by atoms with Crippen LogP contribution in [-0.2, 0) is 16.0 Å². The first-order chi connectivity index (χ1) is 13.1. The molecule has 1 atom stereocenters. The number of carbonyl (C=O) groups excluding carboxylic acids is 2. The summed E-state index contributed by atoms with van der Waals surface area (Å²) in [6.07, 6.45) is 10.5. The molecule has 146 valence electrons. The fourth-order valence-corrected chi connectivity index (χ4v) is 4.17. The number of nitrogens with zero attached hydrogens (tertiary/aromatic N) is 1. The van der Waals surface area contributed by atoms with Crippen LogP contribution in [-0.4, -0.2) is 29.8 Å². The predicted molar refractivity (Wildman–Crippen MR) is 108 cm³/mol. The third-order valence-electron chi connectivity index (χ3n) is 5.73. The molecule has 0 aromatic heterocycles. The molecule has 1 unspecified atom stereocenters. The molecular formula is C23H32N2O2. The SMILES string of the molecule is Cc1ccc(CCNC(=O)CCCC(=O)N2CCCC3CCCC=C32)cc1. The van der Waals surface area contributed by atoms with Crippen LogP contribution in [0, 0.1) is 12.8 Å². The van der Waals surface area contributed by atoms with Crippen molar-refractivity contribution in [1.29, 1.82) is 0 Å². The van der Waals surface area contributed by atoms with E-state index < -0.39 is 0 Å². The van der Waals surface area contributed by atoms with Crippen molar-refractivity contribution in [3.8, 4) is 0 Å². The number of benzene rings is 1. The van der Waals surface area contributed by atoms with E-state index in [1.807, 2.05) is 4.90 Å². The first kappa shape index (κ1) is 19.7. The number of hydrogen-bond acceptors (Lipinski definition) is 2. The number of likely N-dealkylation sites (tertiary alicyclic amines) is 1. The Kier molecular flexibility index (Phi) is 7.08. The molecular weight excluding hydrogens is 336 g/mol. The van der Waals surface area contributed by atoms with E-state index in [9.17, 15) is 9.59 Å². The number of hydrogen-bond donors (Lipinski definition) is 1. The molecule has 1 fully saturated rings. The molecule has 1 aromatic carbocycles. The molecule has 1 aliphatic carbocycles. The lowest BCUT2D eigenvalue weighted by atomic mass is 9.85. The van der Waals surface area contributed by atoms with Gasteiger partial charge in [-0.1, -0.05) is 35.9 Å². The van der Waals surface area contributed by atoms with Crippen LogP contribution in [0.2, 0.25) is 0 Å². The summed E-state index contributed by atoms with van der Waals surface area (Å²) < 4.78 is 0. The van der Waals surface area contributed by atoms with Gasteiger partial charge in [0, 0.05) is 31.6 Å². The monoisotopic (exact) mass is 368 g/mol. The van der Waals surface area contributed by atoms with E-state index in [1.54, 1.807) is 0 Å². The molecule has 27 heavy (non-hydrogen) atoms. The van der Waals surface area contributed by atoms with Gasteiger partial charge in [-0.2, -0.15) is 0 Å². The molecule has 2 aliphatic rings. The Morgan fingerprint density at radius 1 is 1.11 bits per heavy atom. The summed E-state index contributed by atoms with van der Waals surface area (Å²) in [6.45, 7) is 3.57. The van der Waals surface area contributed by atoms with E-state index in [0.717, 1.165) is 25.8 Å². The van der Waals surface area contributed by atoms with E-state index in [4.69, 9.17) is 0 Å². The Balaban J connectivity index is 1.35. The smallest absolute Gasteiger partial charge is 0.226 e. The fourth-order valence-electron chi connectivity index (χ4n) is 4.17. The van der Waals surface area contributed by atoms with Gasteiger partial charge < -0.3 is 10.2 Å². The molecule has 4 heteroatoms. The Labute approximate surface area is 163 Å². The number of carbonyl (C=O) groups is 2. The van der Waals surface area contributed by atoms with Crippen molar-refractivity contribution >= 4 is 11.8 Å². The zero-order chi connectivity index (χ0) is 19.1. The normalized spacial score (nSPS) is 19.2. The van der Waals surface area contributed by atoms with Gasteiger partial charge in [-0.3, -0.25) is 9.59 Å². The molecule has 1 aliphatic heterocycles. The molecule has 1 saturated heterocycles. The molecule has 1 aromatic rings. The summed E-state index contributed by atoms with van der Waals surface area (Å²) in [5, 5.41) is 2.97. The van der Waals surface area contributed by atoms with Crippen molar-refractivity contribution in [2.24, 2.45) is 5.92 Å². The van der Waals surface area contributed by atoms with E-state index in [1.165, 1.54) is 36.1 Å². The average molecular weight is 369 g/mol. The van der Waals surface area contributed by atoms with Gasteiger partial charge in [0.2, 0.25) is 11.8 Å². The van der Waals surface area contributed by atoms with Crippen molar-refractivity contribution in [2.75, 3.05) is 13.1 Å². The zero-order valence-corrected chi connectivity index (χ0v) is 16.5. The third-order valence-corrected chi connectivity index (χ3v) is 5.73. The summed E-state index contributed by atoms with van der Waals surface area (Å²) >= 11 is 0. The van der Waals surface area contributed by atoms with Crippen molar-refractivity contribution < 1.29 is 9.59 Å². The van der Waals surface area contributed by atoms with Crippen molar-refractivity contribution in [3.05, 3.63) is 47.2 Å². The van der Waals surface area contributed by atoms with E-state index in [2.05, 4.69) is 42.6 Å². The van der Waals surface area contributed by atoms with Gasteiger partial charge in [0.1, 0.15) is 0 Å². The predicted octanol–water partition coefficient (Wildman–Crippen LogP) is 4.13. The number of piperidine rings is 1. The Bertz CT molecular complexity index is 678. The summed E-state index contributed by atoms with van der Waals surface area (Å²) in [7, 11) is 0. The van der Waals surface area contributed by atoms with E-state index >= 15 is 0 Å². The van der Waals surface area contributed by atoms with Crippen molar-refractivity contribution in [1.82, 2.24) is 10.2 Å². The Morgan fingerprint density at radius 2 is 1.89 bits per heavy atom. The van der Waals surface area contributed by atoms with E-state index in [0.29, 0.717) is 31.7 Å². The second-order valence-corrected chi connectivity index (χ2v) is 7.88. The largest absolute Gasteiger partial charge is 0.356 e. The van der Waals surface area contributed by atoms with Crippen LogP contribution in [0.3, 0.4) is 0 Å². The zero-order valence-electron chi connectivity index (χ0n) is 16.5. The fraction of sp³-hybridized carbons (Fsp3) is 0.565. The van der Waals surface area contributed by atoms with Crippen LogP contribution in [0.1, 0.15) is 62.5 Å². The lowest BCUT2D eigenvalue weighted by Crippen LogP contribution is -2.39. The van der Waals surface area contributed by atoms with Crippen LogP contribution in [0.15, 0.2) is 36.0 Å². The van der Waals surface area contributed by atoms with Crippen molar-refractivity contribution in [2.45, 2.75) is 64.7 Å². The third kappa shape index (κ3) is 5.69. The minimum atomic E-state index is 0.0447. The van der Waals surface area contributed by atoms with Crippen LogP contribution in [0.25, 0.3) is 0 Å². The minimum Gasteiger partial charge on any atom is -0.356 e. The Morgan fingerprint density at radius 3 is 2.70 bits per heavy atom. The van der Waals surface area contributed by atoms with Gasteiger partial charge >= 0.3 is 0 Å². The summed E-state index contributed by atoms with van der Waals surface area (Å²) in [5.41, 5.74) is 3.74. The number of aryl methyl sites for hydroxylation is 1. The van der Waals surface area contributed by atoms with Crippen LogP contribution in [0.5, 0.6) is 0 Å². The molecule has 2 amide bonds. The first-order valence-electron chi connectivity index (χ1n) is 10.5. The van der Waals surface area contributed by atoms with Gasteiger partial charge in [-0.25, -0.2) is 0 Å². The number of fused-ring (bicyclic) bond motifs is 1. The quantitative estimate of drug-likeness (QED) is 0.787. The lowest BCUT2D eigenvalue weighted by Gasteiger charge is -2.38. The van der Waals surface area contributed by atoms with Gasteiger partial charge in [0.25, 0.3) is 0 Å². The number of rotatable bonds is 7.